The molecule has 0 bridgehead atoms. The molecule has 1 aromatic heterocycles. The van der Waals surface area contributed by atoms with Gasteiger partial charge in [0.1, 0.15) is 16.3 Å². The standard InChI is InChI=1S/C11H6BrCl2FOS/c12-5-1-2-8(15)6(3-5)10(16)7-4-9(13)17-11(7)14/h1-4,10,16H. The first kappa shape index (κ1) is 13.3. The van der Waals surface area contributed by atoms with E-state index >= 15 is 0 Å². The molecule has 6 heteroatoms. The molecule has 17 heavy (non-hydrogen) atoms. The predicted molar refractivity (Wildman–Crippen MR) is 72.5 cm³/mol. The Bertz CT molecular complexity index is 558. The first-order chi connectivity index (χ1) is 7.99. The van der Waals surface area contributed by atoms with Gasteiger partial charge in [-0.1, -0.05) is 39.1 Å². The second-order valence-electron chi connectivity index (χ2n) is 3.35. The molecular formula is C11H6BrCl2FOS. The number of aliphatic hydroxyl groups is 1. The molecule has 1 heterocycles. The van der Waals surface area contributed by atoms with Crippen molar-refractivity contribution in [1.29, 1.82) is 0 Å². The highest BCUT2D eigenvalue weighted by atomic mass is 79.9. The van der Waals surface area contributed by atoms with Crippen LogP contribution < -0.4 is 0 Å². The van der Waals surface area contributed by atoms with Crippen LogP contribution in [0.3, 0.4) is 0 Å². The second kappa shape index (κ2) is 5.24. The maximum absolute atomic E-state index is 13.6. The molecule has 1 unspecified atom stereocenters. The van der Waals surface area contributed by atoms with Crippen molar-refractivity contribution in [2.24, 2.45) is 0 Å². The van der Waals surface area contributed by atoms with E-state index in [0.717, 1.165) is 11.3 Å². The van der Waals surface area contributed by atoms with Crippen molar-refractivity contribution in [1.82, 2.24) is 0 Å². The molecule has 90 valence electrons. The molecule has 1 aromatic carbocycles. The summed E-state index contributed by atoms with van der Waals surface area (Å²) in [5.41, 5.74) is 0.578. The number of thiophene rings is 1. The average Bonchev–Trinajstić information content (AvgIpc) is 2.60. The molecule has 1 nitrogen and oxygen atoms in total. The van der Waals surface area contributed by atoms with Crippen molar-refractivity contribution in [3.63, 3.8) is 0 Å². The Kier molecular flexibility index (Phi) is 4.10. The van der Waals surface area contributed by atoms with Gasteiger partial charge < -0.3 is 5.11 Å². The van der Waals surface area contributed by atoms with Crippen LogP contribution in [0, 0.1) is 5.82 Å². The fourth-order valence-electron chi connectivity index (χ4n) is 1.43. The van der Waals surface area contributed by atoms with Gasteiger partial charge in [-0.3, -0.25) is 0 Å². The number of hydrogen-bond donors (Lipinski definition) is 1. The van der Waals surface area contributed by atoms with Crippen LogP contribution in [0.5, 0.6) is 0 Å². The molecule has 0 saturated heterocycles. The summed E-state index contributed by atoms with van der Waals surface area (Å²) < 4.78 is 15.1. The van der Waals surface area contributed by atoms with Gasteiger partial charge in [-0.25, -0.2) is 4.39 Å². The smallest absolute Gasteiger partial charge is 0.129 e. The highest BCUT2D eigenvalue weighted by molar-refractivity contribution is 9.10. The topological polar surface area (TPSA) is 20.2 Å². The van der Waals surface area contributed by atoms with Crippen molar-refractivity contribution in [3.8, 4) is 0 Å². The summed E-state index contributed by atoms with van der Waals surface area (Å²) in [6.45, 7) is 0. The molecule has 0 aliphatic heterocycles. The van der Waals surface area contributed by atoms with Crippen LogP contribution in [0.15, 0.2) is 28.7 Å². The van der Waals surface area contributed by atoms with Gasteiger partial charge in [-0.2, -0.15) is 0 Å². The van der Waals surface area contributed by atoms with Crippen molar-refractivity contribution >= 4 is 50.5 Å². The molecule has 1 atom stereocenters. The summed E-state index contributed by atoms with van der Waals surface area (Å²) in [4.78, 5) is 0. The van der Waals surface area contributed by atoms with Crippen LogP contribution in [0.25, 0.3) is 0 Å². The molecule has 0 spiro atoms. The number of aliphatic hydroxyl groups excluding tert-OH is 1. The molecule has 0 amide bonds. The van der Waals surface area contributed by atoms with Crippen molar-refractivity contribution in [2.75, 3.05) is 0 Å². The zero-order chi connectivity index (χ0) is 12.6. The van der Waals surface area contributed by atoms with E-state index in [-0.39, 0.29) is 5.56 Å². The molecule has 2 aromatic rings. The van der Waals surface area contributed by atoms with Crippen LogP contribution in [-0.2, 0) is 0 Å². The molecule has 0 aliphatic rings. The minimum absolute atomic E-state index is 0.163. The summed E-state index contributed by atoms with van der Waals surface area (Å²) in [5.74, 6) is -0.487. The Labute approximate surface area is 120 Å². The minimum Gasteiger partial charge on any atom is -0.383 e. The zero-order valence-electron chi connectivity index (χ0n) is 8.25. The van der Waals surface area contributed by atoms with E-state index in [1.807, 2.05) is 0 Å². The van der Waals surface area contributed by atoms with Gasteiger partial charge in [0.05, 0.1) is 4.34 Å². The van der Waals surface area contributed by atoms with E-state index in [0.29, 0.717) is 18.7 Å². The normalized spacial score (nSPS) is 12.8. The van der Waals surface area contributed by atoms with Crippen LogP contribution in [-0.4, -0.2) is 5.11 Å². The van der Waals surface area contributed by atoms with Gasteiger partial charge in [-0.05, 0) is 24.3 Å². The third-order valence-corrected chi connectivity index (χ3v) is 4.24. The molecule has 1 N–H and O–H groups in total. The maximum atomic E-state index is 13.6. The number of benzene rings is 1. The summed E-state index contributed by atoms with van der Waals surface area (Å²) in [7, 11) is 0. The van der Waals surface area contributed by atoms with E-state index in [1.165, 1.54) is 12.1 Å². The largest absolute Gasteiger partial charge is 0.383 e. The van der Waals surface area contributed by atoms with Gasteiger partial charge in [0, 0.05) is 15.6 Å². The average molecular weight is 356 g/mol. The monoisotopic (exact) mass is 354 g/mol. The number of hydrogen-bond acceptors (Lipinski definition) is 2. The number of rotatable bonds is 2. The van der Waals surface area contributed by atoms with E-state index in [9.17, 15) is 9.50 Å². The molecule has 0 fully saturated rings. The summed E-state index contributed by atoms with van der Waals surface area (Å²) in [5, 5.41) is 10.1. The predicted octanol–water partition coefficient (Wildman–Crippen LogP) is 5.04. The lowest BCUT2D eigenvalue weighted by atomic mass is 10.0. The fraction of sp³-hybridized carbons (Fsp3) is 0.0909. The molecule has 0 saturated carbocycles. The van der Waals surface area contributed by atoms with Crippen molar-refractivity contribution in [3.05, 3.63) is 54.4 Å². The van der Waals surface area contributed by atoms with Gasteiger partial charge in [0.15, 0.2) is 0 Å². The van der Waals surface area contributed by atoms with Crippen LogP contribution in [0.1, 0.15) is 17.2 Å². The Morgan fingerprint density at radius 1 is 1.24 bits per heavy atom. The molecular weight excluding hydrogens is 350 g/mol. The first-order valence-electron chi connectivity index (χ1n) is 4.57. The Balaban J connectivity index is 2.46. The maximum Gasteiger partial charge on any atom is 0.129 e. The molecule has 0 radical (unpaired) electrons. The van der Waals surface area contributed by atoms with Gasteiger partial charge in [-0.15, -0.1) is 11.3 Å². The van der Waals surface area contributed by atoms with E-state index in [1.54, 1.807) is 12.1 Å². The zero-order valence-corrected chi connectivity index (χ0v) is 12.2. The summed E-state index contributed by atoms with van der Waals surface area (Å²) >= 11 is 16.1. The summed E-state index contributed by atoms with van der Waals surface area (Å²) in [6.07, 6.45) is -1.12. The van der Waals surface area contributed by atoms with Crippen LogP contribution in [0.2, 0.25) is 8.67 Å². The number of halogens is 4. The lowest BCUT2D eigenvalue weighted by Crippen LogP contribution is -2.01. The van der Waals surface area contributed by atoms with Crippen LogP contribution >= 0.6 is 50.5 Å². The third kappa shape index (κ3) is 2.83. The Hall–Kier alpha value is -0.130. The first-order valence-corrected chi connectivity index (χ1v) is 6.93. The van der Waals surface area contributed by atoms with E-state index < -0.39 is 11.9 Å². The third-order valence-electron chi connectivity index (χ3n) is 2.23. The van der Waals surface area contributed by atoms with E-state index in [2.05, 4.69) is 15.9 Å². The molecule has 0 aliphatic carbocycles. The SMILES string of the molecule is OC(c1cc(Br)ccc1F)c1cc(Cl)sc1Cl. The quantitative estimate of drug-likeness (QED) is 0.800. The Morgan fingerprint density at radius 2 is 1.94 bits per heavy atom. The van der Waals surface area contributed by atoms with Gasteiger partial charge in [0.25, 0.3) is 0 Å². The Morgan fingerprint density at radius 3 is 2.53 bits per heavy atom. The van der Waals surface area contributed by atoms with Crippen molar-refractivity contribution in [2.45, 2.75) is 6.10 Å². The van der Waals surface area contributed by atoms with Crippen molar-refractivity contribution < 1.29 is 9.50 Å². The minimum atomic E-state index is -1.12. The fourth-order valence-corrected chi connectivity index (χ4v) is 3.33. The summed E-state index contributed by atoms with van der Waals surface area (Å²) in [6, 6.07) is 5.90. The lowest BCUT2D eigenvalue weighted by molar-refractivity contribution is 0.215. The van der Waals surface area contributed by atoms with Crippen LogP contribution in [0.4, 0.5) is 4.39 Å². The van der Waals surface area contributed by atoms with Gasteiger partial charge in [0.2, 0.25) is 0 Å². The highest BCUT2D eigenvalue weighted by Crippen LogP contribution is 2.38. The van der Waals surface area contributed by atoms with E-state index in [4.69, 9.17) is 23.2 Å². The lowest BCUT2D eigenvalue weighted by Gasteiger charge is -2.11. The molecule has 2 rings (SSSR count). The highest BCUT2D eigenvalue weighted by Gasteiger charge is 2.20. The van der Waals surface area contributed by atoms with Gasteiger partial charge >= 0.3 is 0 Å². The second-order valence-corrected chi connectivity index (χ2v) is 6.55.